The van der Waals surface area contributed by atoms with Gasteiger partial charge in [-0.05, 0) is 45.0 Å². The lowest BCUT2D eigenvalue weighted by molar-refractivity contribution is 0.102. The maximum Gasteiger partial charge on any atom is 0.281 e. The van der Waals surface area contributed by atoms with E-state index in [1.165, 1.54) is 10.6 Å². The van der Waals surface area contributed by atoms with Crippen LogP contribution in [-0.4, -0.2) is 15.3 Å². The first kappa shape index (κ1) is 16.2. The lowest BCUT2D eigenvalue weighted by Crippen LogP contribution is -2.25. The van der Waals surface area contributed by atoms with Crippen LogP contribution in [0.1, 0.15) is 27.2 Å². The Bertz CT molecular complexity index is 1000. The molecule has 0 saturated carbocycles. The predicted octanol–water partition coefficient (Wildman–Crippen LogP) is 3.53. The van der Waals surface area contributed by atoms with E-state index in [1.54, 1.807) is 31.2 Å². The fraction of sp³-hybridized carbons (Fsp3) is 0.167. The smallest absolute Gasteiger partial charge is 0.281 e. The van der Waals surface area contributed by atoms with Crippen LogP contribution in [0.25, 0.3) is 5.65 Å². The van der Waals surface area contributed by atoms with E-state index in [1.807, 2.05) is 19.9 Å². The zero-order valence-electron chi connectivity index (χ0n) is 13.6. The van der Waals surface area contributed by atoms with Crippen LogP contribution < -0.4 is 10.9 Å². The zero-order valence-corrected chi connectivity index (χ0v) is 14.3. The SMILES string of the molecule is Cc1cc(C)cc(C(=O)Nc2c(C)nc3ccc(Cl)cn3c2=O)c1. The molecule has 0 spiro atoms. The standard InChI is InChI=1S/C18H16ClN3O2/c1-10-6-11(2)8-13(7-10)17(23)21-16-12(3)20-15-5-4-14(19)9-22(15)18(16)24/h4-9H,1-3H3,(H,21,23). The summed E-state index contributed by atoms with van der Waals surface area (Å²) in [6, 6.07) is 8.86. The van der Waals surface area contributed by atoms with E-state index in [0.717, 1.165) is 11.1 Å². The van der Waals surface area contributed by atoms with Crippen LogP contribution >= 0.6 is 11.6 Å². The maximum atomic E-state index is 12.7. The number of aryl methyl sites for hydroxylation is 3. The number of carbonyl (C=O) groups is 1. The van der Waals surface area contributed by atoms with Gasteiger partial charge in [0.25, 0.3) is 11.5 Å². The lowest BCUT2D eigenvalue weighted by Gasteiger charge is -2.10. The third kappa shape index (κ3) is 3.03. The van der Waals surface area contributed by atoms with Crippen LogP contribution in [0.5, 0.6) is 0 Å². The van der Waals surface area contributed by atoms with Gasteiger partial charge in [0.05, 0.1) is 10.7 Å². The summed E-state index contributed by atoms with van der Waals surface area (Å²) in [5.41, 5.74) is 3.19. The van der Waals surface area contributed by atoms with Gasteiger partial charge in [0, 0.05) is 11.8 Å². The quantitative estimate of drug-likeness (QED) is 0.775. The van der Waals surface area contributed by atoms with Crippen LogP contribution in [0.4, 0.5) is 5.69 Å². The first-order valence-corrected chi connectivity index (χ1v) is 7.81. The van der Waals surface area contributed by atoms with Crippen LogP contribution in [0, 0.1) is 20.8 Å². The van der Waals surface area contributed by atoms with E-state index in [9.17, 15) is 9.59 Å². The van der Waals surface area contributed by atoms with Crippen molar-refractivity contribution in [3.63, 3.8) is 0 Å². The summed E-state index contributed by atoms with van der Waals surface area (Å²) in [5.74, 6) is -0.342. The predicted molar refractivity (Wildman–Crippen MR) is 95.1 cm³/mol. The second kappa shape index (κ2) is 6.09. The topological polar surface area (TPSA) is 63.5 Å². The minimum absolute atomic E-state index is 0.152. The van der Waals surface area contributed by atoms with Gasteiger partial charge in [-0.1, -0.05) is 28.8 Å². The molecule has 1 aromatic carbocycles. The number of pyridine rings is 1. The molecule has 2 aromatic heterocycles. The highest BCUT2D eigenvalue weighted by atomic mass is 35.5. The number of halogens is 1. The third-order valence-corrected chi connectivity index (χ3v) is 3.91. The van der Waals surface area contributed by atoms with E-state index in [2.05, 4.69) is 10.3 Å². The number of benzene rings is 1. The molecular weight excluding hydrogens is 326 g/mol. The Morgan fingerprint density at radius 3 is 2.46 bits per heavy atom. The fourth-order valence-corrected chi connectivity index (χ4v) is 2.82. The lowest BCUT2D eigenvalue weighted by atomic mass is 10.1. The Kier molecular flexibility index (Phi) is 4.11. The monoisotopic (exact) mass is 341 g/mol. The summed E-state index contributed by atoms with van der Waals surface area (Å²) < 4.78 is 1.33. The molecule has 122 valence electrons. The van der Waals surface area contributed by atoms with Crippen LogP contribution in [-0.2, 0) is 0 Å². The normalized spacial score (nSPS) is 10.8. The molecule has 0 aliphatic carbocycles. The van der Waals surface area contributed by atoms with Crippen molar-refractivity contribution in [1.29, 1.82) is 0 Å². The van der Waals surface area contributed by atoms with Crippen molar-refractivity contribution >= 4 is 28.8 Å². The molecule has 1 N–H and O–H groups in total. The number of carbonyl (C=O) groups excluding carboxylic acids is 1. The molecule has 0 unspecified atom stereocenters. The van der Waals surface area contributed by atoms with E-state index in [4.69, 9.17) is 11.6 Å². The van der Waals surface area contributed by atoms with Gasteiger partial charge < -0.3 is 5.32 Å². The molecule has 6 heteroatoms. The summed E-state index contributed by atoms with van der Waals surface area (Å²) in [4.78, 5) is 29.5. The minimum Gasteiger partial charge on any atom is -0.316 e. The van der Waals surface area contributed by atoms with Crippen molar-refractivity contribution < 1.29 is 4.79 Å². The average Bonchev–Trinajstić information content (AvgIpc) is 2.51. The second-order valence-corrected chi connectivity index (χ2v) is 6.22. The number of anilines is 1. The van der Waals surface area contributed by atoms with Gasteiger partial charge in [0.1, 0.15) is 11.3 Å². The van der Waals surface area contributed by atoms with Crippen molar-refractivity contribution in [2.75, 3.05) is 5.32 Å². The van der Waals surface area contributed by atoms with Crippen molar-refractivity contribution in [3.05, 3.63) is 74.3 Å². The number of hydrogen-bond acceptors (Lipinski definition) is 3. The Morgan fingerprint density at radius 1 is 1.12 bits per heavy atom. The number of hydrogen-bond donors (Lipinski definition) is 1. The van der Waals surface area contributed by atoms with Crippen molar-refractivity contribution in [2.24, 2.45) is 0 Å². The van der Waals surface area contributed by atoms with Crippen LogP contribution in [0.3, 0.4) is 0 Å². The van der Waals surface area contributed by atoms with E-state index >= 15 is 0 Å². The third-order valence-electron chi connectivity index (χ3n) is 3.69. The molecule has 0 aliphatic heterocycles. The first-order chi connectivity index (χ1) is 11.3. The fourth-order valence-electron chi connectivity index (χ4n) is 2.66. The minimum atomic E-state index is -0.363. The van der Waals surface area contributed by atoms with Crippen LogP contribution in [0.15, 0.2) is 41.3 Å². The number of nitrogens with one attached hydrogen (secondary N) is 1. The van der Waals surface area contributed by atoms with E-state index in [-0.39, 0.29) is 17.2 Å². The molecule has 0 radical (unpaired) electrons. The molecule has 0 aliphatic rings. The van der Waals surface area contributed by atoms with Gasteiger partial charge in [-0.25, -0.2) is 4.98 Å². The van der Waals surface area contributed by atoms with Gasteiger partial charge in [-0.15, -0.1) is 0 Å². The summed E-state index contributed by atoms with van der Waals surface area (Å²) in [6.07, 6.45) is 1.48. The second-order valence-electron chi connectivity index (χ2n) is 5.78. The zero-order chi connectivity index (χ0) is 17.4. The van der Waals surface area contributed by atoms with Gasteiger partial charge in [-0.3, -0.25) is 14.0 Å². The van der Waals surface area contributed by atoms with Gasteiger partial charge >= 0.3 is 0 Å². The van der Waals surface area contributed by atoms with Gasteiger partial charge in [-0.2, -0.15) is 0 Å². The average molecular weight is 342 g/mol. The Labute approximate surface area is 143 Å². The number of rotatable bonds is 2. The van der Waals surface area contributed by atoms with E-state index in [0.29, 0.717) is 21.9 Å². The maximum absolute atomic E-state index is 12.7. The first-order valence-electron chi connectivity index (χ1n) is 7.43. The molecule has 0 atom stereocenters. The molecule has 24 heavy (non-hydrogen) atoms. The van der Waals surface area contributed by atoms with Gasteiger partial charge in [0.2, 0.25) is 0 Å². The number of aromatic nitrogens is 2. The molecular formula is C18H16ClN3O2. The van der Waals surface area contributed by atoms with Crippen molar-refractivity contribution in [1.82, 2.24) is 9.38 Å². The molecule has 0 bridgehead atoms. The molecule has 1 amide bonds. The van der Waals surface area contributed by atoms with Gasteiger partial charge in [0.15, 0.2) is 0 Å². The Hall–Kier alpha value is -2.66. The summed E-state index contributed by atoms with van der Waals surface area (Å²) in [6.45, 7) is 5.53. The molecule has 5 nitrogen and oxygen atoms in total. The Morgan fingerprint density at radius 2 is 1.79 bits per heavy atom. The summed E-state index contributed by atoms with van der Waals surface area (Å²) in [7, 11) is 0. The van der Waals surface area contributed by atoms with E-state index < -0.39 is 0 Å². The highest BCUT2D eigenvalue weighted by molar-refractivity contribution is 6.30. The molecule has 3 rings (SSSR count). The van der Waals surface area contributed by atoms with Crippen molar-refractivity contribution in [3.8, 4) is 0 Å². The molecule has 3 aromatic rings. The highest BCUT2D eigenvalue weighted by Gasteiger charge is 2.14. The summed E-state index contributed by atoms with van der Waals surface area (Å²) >= 11 is 5.94. The number of amides is 1. The number of fused-ring (bicyclic) bond motifs is 1. The summed E-state index contributed by atoms with van der Waals surface area (Å²) in [5, 5.41) is 3.10. The molecule has 0 fully saturated rings. The Balaban J connectivity index is 2.06. The molecule has 0 saturated heterocycles. The van der Waals surface area contributed by atoms with Crippen molar-refractivity contribution in [2.45, 2.75) is 20.8 Å². The highest BCUT2D eigenvalue weighted by Crippen LogP contribution is 2.15. The number of nitrogens with zero attached hydrogens (tertiary/aromatic N) is 2. The largest absolute Gasteiger partial charge is 0.316 e. The van der Waals surface area contributed by atoms with Crippen LogP contribution in [0.2, 0.25) is 5.02 Å². The molecule has 2 heterocycles.